The molecular formula is C13H16ClNO. The quantitative estimate of drug-likeness (QED) is 0.739. The summed E-state index contributed by atoms with van der Waals surface area (Å²) in [5.74, 6) is -0.0105. The molecule has 0 saturated carbocycles. The Hall–Kier alpha value is -1.02. The Balaban J connectivity index is 2.57. The molecule has 1 aliphatic rings. The van der Waals surface area contributed by atoms with E-state index in [0.717, 1.165) is 29.7 Å². The van der Waals surface area contributed by atoms with Gasteiger partial charge in [-0.25, -0.2) is 0 Å². The molecule has 1 aliphatic heterocycles. The van der Waals surface area contributed by atoms with Crippen LogP contribution in [0.4, 0.5) is 0 Å². The first kappa shape index (κ1) is 11.5. The highest BCUT2D eigenvalue weighted by Crippen LogP contribution is 2.32. The number of fused-ring (bicyclic) bond motifs is 1. The van der Waals surface area contributed by atoms with E-state index in [1.807, 2.05) is 0 Å². The van der Waals surface area contributed by atoms with E-state index in [-0.39, 0.29) is 11.3 Å². The lowest BCUT2D eigenvalue weighted by molar-refractivity contribution is 0.0946. The van der Waals surface area contributed by atoms with Gasteiger partial charge in [0, 0.05) is 17.1 Å². The number of rotatable bonds is 0. The molecule has 0 unspecified atom stereocenters. The first-order valence-corrected chi connectivity index (χ1v) is 5.88. The molecule has 1 N–H and O–H groups in total. The highest BCUT2D eigenvalue weighted by atomic mass is 35.5. The number of carbonyl (C=O) groups is 1. The van der Waals surface area contributed by atoms with Crippen LogP contribution in [0.1, 0.15) is 42.3 Å². The maximum absolute atomic E-state index is 11.6. The normalized spacial score (nSPS) is 15.6. The summed E-state index contributed by atoms with van der Waals surface area (Å²) in [4.78, 5) is 11.6. The van der Waals surface area contributed by atoms with E-state index < -0.39 is 0 Å². The van der Waals surface area contributed by atoms with Crippen molar-refractivity contribution in [1.82, 2.24) is 5.32 Å². The summed E-state index contributed by atoms with van der Waals surface area (Å²) in [5.41, 5.74) is 2.96. The van der Waals surface area contributed by atoms with Crippen molar-refractivity contribution in [2.45, 2.75) is 32.6 Å². The molecule has 0 saturated heterocycles. The van der Waals surface area contributed by atoms with Gasteiger partial charge >= 0.3 is 0 Å². The number of hydrogen-bond acceptors (Lipinski definition) is 1. The number of carbonyl (C=O) groups excluding carboxylic acids is 1. The second-order valence-electron chi connectivity index (χ2n) is 5.25. The zero-order valence-electron chi connectivity index (χ0n) is 9.86. The summed E-state index contributed by atoms with van der Waals surface area (Å²) >= 11 is 6.23. The SMILES string of the molecule is CC(C)(C)c1cc2c(cc1Cl)C(=O)NCC2. The van der Waals surface area contributed by atoms with Crippen molar-refractivity contribution in [2.24, 2.45) is 0 Å². The van der Waals surface area contributed by atoms with E-state index in [1.54, 1.807) is 6.07 Å². The highest BCUT2D eigenvalue weighted by Gasteiger charge is 2.23. The van der Waals surface area contributed by atoms with E-state index in [0.29, 0.717) is 5.02 Å². The van der Waals surface area contributed by atoms with Crippen LogP contribution in [0, 0.1) is 0 Å². The zero-order valence-corrected chi connectivity index (χ0v) is 10.6. The van der Waals surface area contributed by atoms with E-state index in [1.165, 1.54) is 0 Å². The smallest absolute Gasteiger partial charge is 0.251 e. The Kier molecular flexibility index (Phi) is 2.70. The Morgan fingerprint density at radius 3 is 2.62 bits per heavy atom. The van der Waals surface area contributed by atoms with Crippen LogP contribution in [0.15, 0.2) is 12.1 Å². The molecule has 1 amide bonds. The summed E-state index contributed by atoms with van der Waals surface area (Å²) in [5, 5.41) is 3.51. The molecule has 0 fully saturated rings. The summed E-state index contributed by atoms with van der Waals surface area (Å²) in [6.07, 6.45) is 0.890. The van der Waals surface area contributed by atoms with Gasteiger partial charge in [-0.2, -0.15) is 0 Å². The summed E-state index contributed by atoms with van der Waals surface area (Å²) in [6, 6.07) is 3.88. The van der Waals surface area contributed by atoms with Crippen molar-refractivity contribution in [3.63, 3.8) is 0 Å². The van der Waals surface area contributed by atoms with Crippen molar-refractivity contribution >= 4 is 17.5 Å². The lowest BCUT2D eigenvalue weighted by Gasteiger charge is -2.24. The summed E-state index contributed by atoms with van der Waals surface area (Å²) < 4.78 is 0. The number of benzene rings is 1. The van der Waals surface area contributed by atoms with Gasteiger partial charge in [0.1, 0.15) is 0 Å². The molecule has 1 aromatic rings. The standard InChI is InChI=1S/C13H16ClNO/c1-13(2,3)10-6-8-4-5-15-12(16)9(8)7-11(10)14/h6-7H,4-5H2,1-3H3,(H,15,16). The fraction of sp³-hybridized carbons (Fsp3) is 0.462. The lowest BCUT2D eigenvalue weighted by atomic mass is 9.84. The number of hydrogen-bond donors (Lipinski definition) is 1. The predicted octanol–water partition coefficient (Wildman–Crippen LogP) is 2.92. The second kappa shape index (κ2) is 3.77. The van der Waals surface area contributed by atoms with Crippen LogP contribution < -0.4 is 5.32 Å². The molecule has 2 rings (SSSR count). The van der Waals surface area contributed by atoms with E-state index in [4.69, 9.17) is 11.6 Å². The molecule has 2 nitrogen and oxygen atoms in total. The van der Waals surface area contributed by atoms with Gasteiger partial charge in [0.2, 0.25) is 0 Å². The predicted molar refractivity (Wildman–Crippen MR) is 66.2 cm³/mol. The maximum Gasteiger partial charge on any atom is 0.251 e. The molecule has 16 heavy (non-hydrogen) atoms. The topological polar surface area (TPSA) is 29.1 Å². The average molecular weight is 238 g/mol. The van der Waals surface area contributed by atoms with E-state index in [2.05, 4.69) is 32.2 Å². The molecule has 3 heteroatoms. The first-order valence-electron chi connectivity index (χ1n) is 5.50. The van der Waals surface area contributed by atoms with Crippen molar-refractivity contribution < 1.29 is 4.79 Å². The van der Waals surface area contributed by atoms with Gasteiger partial charge in [0.15, 0.2) is 0 Å². The second-order valence-corrected chi connectivity index (χ2v) is 5.65. The summed E-state index contributed by atoms with van der Waals surface area (Å²) in [6.45, 7) is 7.10. The number of amides is 1. The Morgan fingerprint density at radius 2 is 2.00 bits per heavy atom. The largest absolute Gasteiger partial charge is 0.352 e. The van der Waals surface area contributed by atoms with Crippen LogP contribution in [0.2, 0.25) is 5.02 Å². The third-order valence-electron chi connectivity index (χ3n) is 2.93. The molecule has 0 aliphatic carbocycles. The molecule has 0 aromatic heterocycles. The zero-order chi connectivity index (χ0) is 11.9. The maximum atomic E-state index is 11.6. The fourth-order valence-electron chi connectivity index (χ4n) is 2.02. The molecule has 0 spiro atoms. The molecule has 86 valence electrons. The highest BCUT2D eigenvalue weighted by molar-refractivity contribution is 6.32. The van der Waals surface area contributed by atoms with Crippen LogP contribution in [-0.2, 0) is 11.8 Å². The minimum atomic E-state index is -0.0105. The first-order chi connectivity index (χ1) is 7.39. The van der Waals surface area contributed by atoms with Crippen LogP contribution in [0.25, 0.3) is 0 Å². The Morgan fingerprint density at radius 1 is 1.31 bits per heavy atom. The van der Waals surface area contributed by atoms with Crippen LogP contribution in [-0.4, -0.2) is 12.5 Å². The van der Waals surface area contributed by atoms with Gasteiger partial charge in [0.05, 0.1) is 0 Å². The van der Waals surface area contributed by atoms with Gasteiger partial charge in [-0.3, -0.25) is 4.79 Å². The molecule has 1 aromatic carbocycles. The van der Waals surface area contributed by atoms with Crippen LogP contribution in [0.3, 0.4) is 0 Å². The van der Waals surface area contributed by atoms with Gasteiger partial charge < -0.3 is 5.32 Å². The van der Waals surface area contributed by atoms with Gasteiger partial charge in [-0.1, -0.05) is 38.4 Å². The van der Waals surface area contributed by atoms with E-state index >= 15 is 0 Å². The minimum absolute atomic E-state index is 0.0105. The molecule has 0 bridgehead atoms. The lowest BCUT2D eigenvalue weighted by Crippen LogP contribution is -2.32. The Bertz CT molecular complexity index is 446. The third kappa shape index (κ3) is 1.94. The van der Waals surface area contributed by atoms with Gasteiger partial charge in [-0.15, -0.1) is 0 Å². The number of halogens is 1. The van der Waals surface area contributed by atoms with Crippen LogP contribution in [0.5, 0.6) is 0 Å². The fourth-order valence-corrected chi connectivity index (χ4v) is 2.46. The number of nitrogens with one attached hydrogen (secondary N) is 1. The summed E-state index contributed by atoms with van der Waals surface area (Å²) in [7, 11) is 0. The van der Waals surface area contributed by atoms with Crippen molar-refractivity contribution in [1.29, 1.82) is 0 Å². The van der Waals surface area contributed by atoms with Crippen LogP contribution >= 0.6 is 11.6 Å². The molecule has 0 atom stereocenters. The van der Waals surface area contributed by atoms with Crippen molar-refractivity contribution in [3.8, 4) is 0 Å². The minimum Gasteiger partial charge on any atom is -0.352 e. The monoisotopic (exact) mass is 237 g/mol. The van der Waals surface area contributed by atoms with Crippen molar-refractivity contribution in [3.05, 3.63) is 33.8 Å². The molecular weight excluding hydrogens is 222 g/mol. The Labute approximate surface area is 101 Å². The average Bonchev–Trinajstić information content (AvgIpc) is 2.17. The third-order valence-corrected chi connectivity index (χ3v) is 3.24. The van der Waals surface area contributed by atoms with Crippen molar-refractivity contribution in [2.75, 3.05) is 6.54 Å². The molecule has 0 radical (unpaired) electrons. The molecule has 1 heterocycles. The van der Waals surface area contributed by atoms with E-state index in [9.17, 15) is 4.79 Å². The van der Waals surface area contributed by atoms with Gasteiger partial charge in [-0.05, 0) is 29.0 Å². The van der Waals surface area contributed by atoms with Gasteiger partial charge in [0.25, 0.3) is 5.91 Å².